The van der Waals surface area contributed by atoms with Gasteiger partial charge in [-0.05, 0) is 37.0 Å². The smallest absolute Gasteiger partial charge is 0.124 e. The van der Waals surface area contributed by atoms with Gasteiger partial charge in [-0.15, -0.1) is 0 Å². The summed E-state index contributed by atoms with van der Waals surface area (Å²) in [6, 6.07) is 5.39. The number of nitrogens with zero attached hydrogens (tertiary/aromatic N) is 1. The van der Waals surface area contributed by atoms with Crippen molar-refractivity contribution in [2.24, 2.45) is 0 Å². The first-order valence-electron chi connectivity index (χ1n) is 6.46. The summed E-state index contributed by atoms with van der Waals surface area (Å²) in [7, 11) is 0. The molecule has 0 spiro atoms. The zero-order chi connectivity index (χ0) is 12.8. The van der Waals surface area contributed by atoms with Crippen LogP contribution < -0.4 is 0 Å². The Morgan fingerprint density at radius 3 is 2.89 bits per heavy atom. The molecule has 1 aliphatic heterocycles. The molecule has 1 heterocycles. The van der Waals surface area contributed by atoms with Crippen molar-refractivity contribution in [1.82, 2.24) is 4.90 Å². The van der Waals surface area contributed by atoms with Crippen LogP contribution >= 0.6 is 15.9 Å². The third-order valence-corrected chi connectivity index (χ3v) is 4.70. The van der Waals surface area contributed by atoms with Crippen LogP contribution in [0.25, 0.3) is 0 Å². The van der Waals surface area contributed by atoms with E-state index >= 15 is 0 Å². The Hall–Kier alpha value is -0.450. The lowest BCUT2D eigenvalue weighted by Gasteiger charge is -2.24. The van der Waals surface area contributed by atoms with Gasteiger partial charge in [-0.3, -0.25) is 4.90 Å². The van der Waals surface area contributed by atoms with Crippen molar-refractivity contribution < 1.29 is 9.50 Å². The van der Waals surface area contributed by atoms with Crippen molar-refractivity contribution >= 4 is 15.9 Å². The SMILES string of the molecule is OC1(Cc2ccc(F)cc2Br)CCN(C2CC2)C1. The molecule has 0 amide bonds. The van der Waals surface area contributed by atoms with Gasteiger partial charge >= 0.3 is 0 Å². The van der Waals surface area contributed by atoms with E-state index in [1.807, 2.05) is 0 Å². The number of benzene rings is 1. The van der Waals surface area contributed by atoms with Crippen molar-refractivity contribution in [1.29, 1.82) is 0 Å². The van der Waals surface area contributed by atoms with Crippen molar-refractivity contribution in [3.63, 3.8) is 0 Å². The second-order valence-corrected chi connectivity index (χ2v) is 6.44. The summed E-state index contributed by atoms with van der Waals surface area (Å²) in [4.78, 5) is 2.39. The van der Waals surface area contributed by atoms with Gasteiger partial charge in [0, 0.05) is 30.0 Å². The van der Waals surface area contributed by atoms with E-state index in [2.05, 4.69) is 20.8 Å². The molecule has 1 atom stereocenters. The first-order chi connectivity index (χ1) is 8.56. The summed E-state index contributed by atoms with van der Waals surface area (Å²) in [5.41, 5.74) is 0.333. The van der Waals surface area contributed by atoms with Gasteiger partial charge in [0.15, 0.2) is 0 Å². The van der Waals surface area contributed by atoms with Crippen LogP contribution in [0.1, 0.15) is 24.8 Å². The van der Waals surface area contributed by atoms with Crippen molar-refractivity contribution in [2.75, 3.05) is 13.1 Å². The van der Waals surface area contributed by atoms with Gasteiger partial charge in [0.25, 0.3) is 0 Å². The molecule has 18 heavy (non-hydrogen) atoms. The molecule has 4 heteroatoms. The molecule has 0 radical (unpaired) electrons. The van der Waals surface area contributed by atoms with Crippen LogP contribution in [0.15, 0.2) is 22.7 Å². The molecule has 2 fully saturated rings. The summed E-state index contributed by atoms with van der Waals surface area (Å²) in [5, 5.41) is 10.6. The lowest BCUT2D eigenvalue weighted by atomic mass is 9.94. The van der Waals surface area contributed by atoms with Crippen molar-refractivity contribution in [2.45, 2.75) is 37.3 Å². The summed E-state index contributed by atoms with van der Waals surface area (Å²) < 4.78 is 13.8. The molecule has 3 rings (SSSR count). The van der Waals surface area contributed by atoms with Crippen LogP contribution in [0.4, 0.5) is 4.39 Å². The summed E-state index contributed by atoms with van der Waals surface area (Å²) in [6.45, 7) is 1.74. The molecule has 2 nitrogen and oxygen atoms in total. The first-order valence-corrected chi connectivity index (χ1v) is 7.25. The number of hydrogen-bond acceptors (Lipinski definition) is 2. The van der Waals surface area contributed by atoms with E-state index in [4.69, 9.17) is 0 Å². The van der Waals surface area contributed by atoms with Gasteiger partial charge in [0.2, 0.25) is 0 Å². The molecule has 1 unspecified atom stereocenters. The highest BCUT2D eigenvalue weighted by molar-refractivity contribution is 9.10. The summed E-state index contributed by atoms with van der Waals surface area (Å²) in [6.07, 6.45) is 3.96. The summed E-state index contributed by atoms with van der Waals surface area (Å²) >= 11 is 3.37. The Kier molecular flexibility index (Phi) is 3.20. The summed E-state index contributed by atoms with van der Waals surface area (Å²) in [5.74, 6) is -0.247. The maximum absolute atomic E-state index is 13.0. The highest BCUT2D eigenvalue weighted by Crippen LogP contribution is 2.35. The maximum Gasteiger partial charge on any atom is 0.124 e. The molecular formula is C14H17BrFNO. The predicted molar refractivity (Wildman–Crippen MR) is 72.0 cm³/mol. The minimum atomic E-state index is -0.650. The number of likely N-dealkylation sites (tertiary alicyclic amines) is 1. The Morgan fingerprint density at radius 1 is 1.44 bits per heavy atom. The quantitative estimate of drug-likeness (QED) is 0.927. The maximum atomic E-state index is 13.0. The van der Waals surface area contributed by atoms with E-state index < -0.39 is 5.60 Å². The van der Waals surface area contributed by atoms with Crippen LogP contribution in [0, 0.1) is 5.82 Å². The fourth-order valence-corrected chi connectivity index (χ4v) is 3.29. The van der Waals surface area contributed by atoms with E-state index in [-0.39, 0.29) is 5.82 Å². The van der Waals surface area contributed by atoms with Crippen LogP contribution in [0.5, 0.6) is 0 Å². The van der Waals surface area contributed by atoms with Gasteiger partial charge in [0.1, 0.15) is 5.82 Å². The molecule has 2 aliphatic rings. The second-order valence-electron chi connectivity index (χ2n) is 5.59. The van der Waals surface area contributed by atoms with E-state index in [1.165, 1.54) is 25.0 Å². The first kappa shape index (κ1) is 12.6. The lowest BCUT2D eigenvalue weighted by Crippen LogP contribution is -2.36. The zero-order valence-electron chi connectivity index (χ0n) is 10.2. The molecule has 1 aromatic rings. The molecular weight excluding hydrogens is 297 g/mol. The average Bonchev–Trinajstić information content (AvgIpc) is 3.08. The zero-order valence-corrected chi connectivity index (χ0v) is 11.8. The Bertz CT molecular complexity index is 463. The number of rotatable bonds is 3. The molecule has 1 saturated heterocycles. The molecule has 1 N–H and O–H groups in total. The minimum Gasteiger partial charge on any atom is -0.388 e. The lowest BCUT2D eigenvalue weighted by molar-refractivity contribution is 0.0485. The average molecular weight is 314 g/mol. The van der Waals surface area contributed by atoms with Crippen LogP contribution in [-0.2, 0) is 6.42 Å². The van der Waals surface area contributed by atoms with E-state index in [1.54, 1.807) is 6.07 Å². The highest BCUT2D eigenvalue weighted by atomic mass is 79.9. The normalized spacial score (nSPS) is 28.8. The molecule has 0 aromatic heterocycles. The number of hydrogen-bond donors (Lipinski definition) is 1. The molecule has 1 saturated carbocycles. The Balaban J connectivity index is 1.71. The molecule has 98 valence electrons. The number of β-amino-alcohol motifs (C(OH)–C–C–N with tert-alkyl or cyclic N) is 1. The monoisotopic (exact) mass is 313 g/mol. The largest absolute Gasteiger partial charge is 0.388 e. The predicted octanol–water partition coefficient (Wildman–Crippen LogP) is 2.73. The Labute approximate surface area is 115 Å². The highest BCUT2D eigenvalue weighted by Gasteiger charge is 2.42. The Morgan fingerprint density at radius 2 is 2.22 bits per heavy atom. The van der Waals surface area contributed by atoms with Gasteiger partial charge in [0.05, 0.1) is 5.60 Å². The second kappa shape index (κ2) is 4.58. The minimum absolute atomic E-state index is 0.247. The van der Waals surface area contributed by atoms with E-state index in [9.17, 15) is 9.50 Å². The molecule has 1 aliphatic carbocycles. The van der Waals surface area contributed by atoms with E-state index in [0.29, 0.717) is 12.5 Å². The third-order valence-electron chi connectivity index (χ3n) is 3.96. The van der Waals surface area contributed by atoms with Crippen LogP contribution in [-0.4, -0.2) is 34.7 Å². The van der Waals surface area contributed by atoms with E-state index in [0.717, 1.165) is 29.5 Å². The fraction of sp³-hybridized carbons (Fsp3) is 0.571. The van der Waals surface area contributed by atoms with Gasteiger partial charge < -0.3 is 5.11 Å². The number of aliphatic hydroxyl groups is 1. The van der Waals surface area contributed by atoms with Crippen molar-refractivity contribution in [3.05, 3.63) is 34.1 Å². The topological polar surface area (TPSA) is 23.5 Å². The van der Waals surface area contributed by atoms with Crippen molar-refractivity contribution in [3.8, 4) is 0 Å². The number of halogens is 2. The van der Waals surface area contributed by atoms with Crippen LogP contribution in [0.2, 0.25) is 0 Å². The van der Waals surface area contributed by atoms with Crippen LogP contribution in [0.3, 0.4) is 0 Å². The standard InChI is InChI=1S/C14H17BrFNO/c15-13-7-11(16)2-1-10(13)8-14(18)5-6-17(9-14)12-3-4-12/h1-2,7,12,18H,3-6,8-9H2. The third kappa shape index (κ3) is 2.60. The van der Waals surface area contributed by atoms with Gasteiger partial charge in [-0.25, -0.2) is 4.39 Å². The molecule has 0 bridgehead atoms. The fourth-order valence-electron chi connectivity index (χ4n) is 2.80. The van der Waals surface area contributed by atoms with Gasteiger partial charge in [-0.2, -0.15) is 0 Å². The van der Waals surface area contributed by atoms with Gasteiger partial charge in [-0.1, -0.05) is 22.0 Å². The molecule has 1 aromatic carbocycles.